The molecule has 1 amide bonds. The molecule has 1 saturated carbocycles. The third-order valence-electron chi connectivity index (χ3n) is 4.91. The molecule has 1 unspecified atom stereocenters. The van der Waals surface area contributed by atoms with Crippen LogP contribution in [0.5, 0.6) is 5.75 Å². The third-order valence-corrected chi connectivity index (χ3v) is 4.91. The lowest BCUT2D eigenvalue weighted by molar-refractivity contribution is -0.119. The fourth-order valence-corrected chi connectivity index (χ4v) is 3.14. The monoisotopic (exact) mass is 417 g/mol. The number of aryl methyl sites for hydroxylation is 2. The zero-order valence-corrected chi connectivity index (χ0v) is 17.2. The van der Waals surface area contributed by atoms with Gasteiger partial charge in [-0.1, -0.05) is 12.1 Å². The molecular weight excluding hydrogens is 392 g/mol. The van der Waals surface area contributed by atoms with E-state index in [-0.39, 0.29) is 35.8 Å². The fraction of sp³-hybridized carbons (Fsp3) is 0.455. The molecule has 0 saturated heterocycles. The highest BCUT2D eigenvalue weighted by Crippen LogP contribution is 2.30. The summed E-state index contributed by atoms with van der Waals surface area (Å²) in [6, 6.07) is 6.37. The first-order chi connectivity index (χ1) is 14.2. The highest BCUT2D eigenvalue weighted by atomic mass is 19.3. The number of nitrogens with zero attached hydrogens (tertiary/aromatic N) is 2. The summed E-state index contributed by atoms with van der Waals surface area (Å²) in [6.07, 6.45) is -0.563. The Kier molecular flexibility index (Phi) is 6.74. The van der Waals surface area contributed by atoms with Gasteiger partial charge in [0, 0.05) is 11.6 Å². The van der Waals surface area contributed by atoms with Crippen molar-refractivity contribution in [3.8, 4) is 5.75 Å². The first kappa shape index (κ1) is 21.8. The molecule has 1 atom stereocenters. The Hall–Kier alpha value is -2.90. The van der Waals surface area contributed by atoms with Crippen LogP contribution in [0.1, 0.15) is 58.9 Å². The number of alkyl halides is 2. The molecule has 1 N–H and O–H groups in total. The van der Waals surface area contributed by atoms with E-state index in [1.54, 1.807) is 38.1 Å². The lowest BCUT2D eigenvalue weighted by Crippen LogP contribution is -2.28. The van der Waals surface area contributed by atoms with Crippen molar-refractivity contribution in [1.29, 1.82) is 0 Å². The average Bonchev–Trinajstić information content (AvgIpc) is 3.51. The summed E-state index contributed by atoms with van der Waals surface area (Å²) in [6.45, 7) is 4.67. The molecule has 30 heavy (non-hydrogen) atoms. The van der Waals surface area contributed by atoms with Gasteiger partial charge in [-0.15, -0.1) is 0 Å². The van der Waals surface area contributed by atoms with Crippen molar-refractivity contribution in [3.05, 3.63) is 52.6 Å². The lowest BCUT2D eigenvalue weighted by Gasteiger charge is -2.17. The quantitative estimate of drug-likeness (QED) is 0.672. The number of amides is 1. The van der Waals surface area contributed by atoms with Gasteiger partial charge in [-0.25, -0.2) is 18.7 Å². The number of nitrogens with one attached hydrogen (secondary N) is 1. The predicted molar refractivity (Wildman–Crippen MR) is 107 cm³/mol. The van der Waals surface area contributed by atoms with E-state index < -0.39 is 13.0 Å². The second-order valence-corrected chi connectivity index (χ2v) is 7.65. The van der Waals surface area contributed by atoms with E-state index in [0.29, 0.717) is 22.8 Å². The maximum atomic E-state index is 12.7. The molecular formula is C22H25F2N3O3. The molecule has 1 heterocycles. The molecule has 1 aromatic carbocycles. The fourth-order valence-electron chi connectivity index (χ4n) is 3.14. The van der Waals surface area contributed by atoms with Gasteiger partial charge in [-0.3, -0.25) is 9.59 Å². The van der Waals surface area contributed by atoms with Crippen LogP contribution in [0.15, 0.2) is 24.3 Å². The molecule has 8 heteroatoms. The molecule has 0 radical (unpaired) electrons. The summed E-state index contributed by atoms with van der Waals surface area (Å²) in [4.78, 5) is 33.3. The van der Waals surface area contributed by atoms with E-state index >= 15 is 0 Å². The van der Waals surface area contributed by atoms with E-state index in [1.807, 2.05) is 6.92 Å². The Morgan fingerprint density at radius 1 is 1.20 bits per heavy atom. The number of Topliss-reactive ketones (excluding diaryl/α,β-unsaturated/α-hetero) is 1. The number of carbonyl (C=O) groups excluding carboxylic acids is 2. The lowest BCUT2D eigenvalue weighted by atomic mass is 10.0. The number of ketones is 1. The molecule has 1 fully saturated rings. The van der Waals surface area contributed by atoms with Crippen molar-refractivity contribution in [2.24, 2.45) is 5.92 Å². The Morgan fingerprint density at radius 2 is 1.93 bits per heavy atom. The number of hydrogen-bond donors (Lipinski definition) is 1. The molecule has 6 nitrogen and oxygen atoms in total. The van der Waals surface area contributed by atoms with E-state index in [0.717, 1.165) is 18.4 Å². The highest BCUT2D eigenvalue weighted by Gasteiger charge is 2.30. The van der Waals surface area contributed by atoms with Crippen molar-refractivity contribution in [2.45, 2.75) is 52.5 Å². The second-order valence-electron chi connectivity index (χ2n) is 7.65. The maximum Gasteiger partial charge on any atom is 0.272 e. The van der Waals surface area contributed by atoms with Crippen LogP contribution in [0.3, 0.4) is 0 Å². The Morgan fingerprint density at radius 3 is 2.57 bits per heavy atom. The summed E-state index contributed by atoms with van der Waals surface area (Å²) >= 11 is 0. The summed E-state index contributed by atoms with van der Waals surface area (Å²) in [5.41, 5.74) is 2.34. The number of halogens is 2. The minimum absolute atomic E-state index is 0.113. The zero-order valence-electron chi connectivity index (χ0n) is 17.2. The highest BCUT2D eigenvalue weighted by molar-refractivity contribution is 5.93. The number of carbonyl (C=O) groups is 2. The summed E-state index contributed by atoms with van der Waals surface area (Å²) in [5, 5.41) is 2.88. The molecule has 0 aliphatic heterocycles. The topological polar surface area (TPSA) is 81.2 Å². The zero-order chi connectivity index (χ0) is 21.8. The van der Waals surface area contributed by atoms with Crippen LogP contribution in [0.4, 0.5) is 8.78 Å². The Labute approximate surface area is 174 Å². The van der Waals surface area contributed by atoms with Gasteiger partial charge in [0.15, 0.2) is 0 Å². The standard InChI is InChI=1S/C22H25F2N3O3/c1-12-8-16(6-7-19(12)30-11-20(23)24)14(3)26-22(29)17-9-13(2)25-21(27-17)10-18(28)15-4-5-15/h6-9,14-15,20H,4-5,10-11H2,1-3H3,(H,26,29). The Bertz CT molecular complexity index is 945. The first-order valence-electron chi connectivity index (χ1n) is 9.92. The summed E-state index contributed by atoms with van der Waals surface area (Å²) in [5.74, 6) is 0.603. The third kappa shape index (κ3) is 5.81. The Balaban J connectivity index is 1.67. The van der Waals surface area contributed by atoms with Crippen LogP contribution in [-0.4, -0.2) is 34.7 Å². The van der Waals surface area contributed by atoms with Crippen LogP contribution in [0.25, 0.3) is 0 Å². The van der Waals surface area contributed by atoms with Gasteiger partial charge in [-0.05, 0) is 56.9 Å². The average molecular weight is 417 g/mol. The summed E-state index contributed by atoms with van der Waals surface area (Å²) < 4.78 is 29.7. The summed E-state index contributed by atoms with van der Waals surface area (Å²) in [7, 11) is 0. The molecule has 0 bridgehead atoms. The minimum atomic E-state index is -2.54. The molecule has 1 aliphatic rings. The number of aromatic nitrogens is 2. The maximum absolute atomic E-state index is 12.7. The van der Waals surface area contributed by atoms with Crippen molar-refractivity contribution in [2.75, 3.05) is 6.61 Å². The van der Waals surface area contributed by atoms with Crippen LogP contribution in [-0.2, 0) is 11.2 Å². The van der Waals surface area contributed by atoms with Crippen molar-refractivity contribution >= 4 is 11.7 Å². The van der Waals surface area contributed by atoms with Crippen LogP contribution in [0, 0.1) is 19.8 Å². The van der Waals surface area contributed by atoms with Gasteiger partial charge in [0.05, 0.1) is 12.5 Å². The van der Waals surface area contributed by atoms with Crippen LogP contribution >= 0.6 is 0 Å². The van der Waals surface area contributed by atoms with Gasteiger partial charge >= 0.3 is 0 Å². The van der Waals surface area contributed by atoms with Crippen molar-refractivity contribution < 1.29 is 23.1 Å². The van der Waals surface area contributed by atoms with Gasteiger partial charge in [0.1, 0.15) is 29.7 Å². The largest absolute Gasteiger partial charge is 0.487 e. The van der Waals surface area contributed by atoms with Crippen molar-refractivity contribution in [3.63, 3.8) is 0 Å². The van der Waals surface area contributed by atoms with Crippen LogP contribution in [0.2, 0.25) is 0 Å². The van der Waals surface area contributed by atoms with Crippen LogP contribution < -0.4 is 10.1 Å². The molecule has 160 valence electrons. The SMILES string of the molecule is Cc1cc(C(=O)NC(C)c2ccc(OCC(F)F)c(C)c2)nc(CC(=O)C2CC2)n1. The first-order valence-corrected chi connectivity index (χ1v) is 9.92. The molecule has 0 spiro atoms. The van der Waals surface area contributed by atoms with Gasteiger partial charge < -0.3 is 10.1 Å². The minimum Gasteiger partial charge on any atom is -0.487 e. The molecule has 3 rings (SSSR count). The number of rotatable bonds is 9. The van der Waals surface area contributed by atoms with Gasteiger partial charge in [0.2, 0.25) is 0 Å². The normalized spacial score (nSPS) is 14.5. The number of ether oxygens (including phenoxy) is 1. The molecule has 2 aromatic rings. The second kappa shape index (κ2) is 9.28. The molecule has 1 aromatic heterocycles. The van der Waals surface area contributed by atoms with E-state index in [9.17, 15) is 18.4 Å². The van der Waals surface area contributed by atoms with Crippen molar-refractivity contribution in [1.82, 2.24) is 15.3 Å². The number of hydrogen-bond acceptors (Lipinski definition) is 5. The number of benzene rings is 1. The van der Waals surface area contributed by atoms with E-state index in [2.05, 4.69) is 15.3 Å². The molecule has 1 aliphatic carbocycles. The predicted octanol–water partition coefficient (Wildman–Crippen LogP) is 3.75. The van der Waals surface area contributed by atoms with Gasteiger partial charge in [-0.2, -0.15) is 0 Å². The van der Waals surface area contributed by atoms with E-state index in [4.69, 9.17) is 4.74 Å². The van der Waals surface area contributed by atoms with Gasteiger partial charge in [0.25, 0.3) is 12.3 Å². The van der Waals surface area contributed by atoms with E-state index in [1.165, 1.54) is 0 Å². The smallest absolute Gasteiger partial charge is 0.272 e.